The first kappa shape index (κ1) is 25.8. The van der Waals surface area contributed by atoms with E-state index in [1.54, 1.807) is 24.1 Å². The number of carbonyl (C=O) groups excluding carboxylic acids is 1. The Kier molecular flexibility index (Phi) is 8.62. The summed E-state index contributed by atoms with van der Waals surface area (Å²) in [5.74, 6) is -0.104. The van der Waals surface area contributed by atoms with Crippen LogP contribution in [0.1, 0.15) is 71.3 Å². The third kappa shape index (κ3) is 7.06. The molecule has 1 saturated carbocycles. The Balaban J connectivity index is 1.87. The molecule has 0 radical (unpaired) electrons. The predicted molar refractivity (Wildman–Crippen MR) is 125 cm³/mol. The van der Waals surface area contributed by atoms with Gasteiger partial charge in [-0.25, -0.2) is 9.18 Å². The van der Waals surface area contributed by atoms with Crippen LogP contribution < -0.4 is 4.74 Å². The van der Waals surface area contributed by atoms with Crippen molar-refractivity contribution in [3.05, 3.63) is 29.6 Å². The molecule has 0 bridgehead atoms. The van der Waals surface area contributed by atoms with E-state index in [0.29, 0.717) is 50.6 Å². The van der Waals surface area contributed by atoms with Crippen LogP contribution in [0.25, 0.3) is 0 Å². The number of amides is 1. The second kappa shape index (κ2) is 11.0. The van der Waals surface area contributed by atoms with Gasteiger partial charge in [0, 0.05) is 38.3 Å². The molecule has 1 aliphatic heterocycles. The van der Waals surface area contributed by atoms with Gasteiger partial charge in [0.1, 0.15) is 5.60 Å². The van der Waals surface area contributed by atoms with Crippen molar-refractivity contribution in [1.82, 2.24) is 4.90 Å². The van der Waals surface area contributed by atoms with E-state index in [9.17, 15) is 14.3 Å². The van der Waals surface area contributed by atoms with Crippen LogP contribution in [0.2, 0.25) is 0 Å². The highest BCUT2D eigenvalue weighted by molar-refractivity contribution is 5.68. The van der Waals surface area contributed by atoms with Gasteiger partial charge in [0.2, 0.25) is 0 Å². The molecule has 1 unspecified atom stereocenters. The Bertz CT molecular complexity index is 791. The van der Waals surface area contributed by atoms with Crippen LogP contribution in [0, 0.1) is 17.7 Å². The van der Waals surface area contributed by atoms with Crippen molar-refractivity contribution in [2.45, 2.75) is 76.9 Å². The number of rotatable bonds is 10. The number of hydrogen-bond donors (Lipinski definition) is 1. The quantitative estimate of drug-likeness (QED) is 0.477. The fraction of sp³-hybridized carbons (Fsp3) is 0.731. The summed E-state index contributed by atoms with van der Waals surface area (Å²) in [6.07, 6.45) is 5.24. The van der Waals surface area contributed by atoms with Gasteiger partial charge >= 0.3 is 6.09 Å². The highest BCUT2D eigenvalue weighted by Crippen LogP contribution is 2.45. The standard InChI is InChI=1S/C26H40FNO5/c1-25(2,3)33-24(29)28-15-8-9-20(17-28)26(30,14-5-6-16-31-4)21-10-7-11-22(27)23(21)32-18-19-12-13-19/h7,10-11,19-20,30H,5-6,8-9,12-18H2,1-4H3/t20?,26-/m0/s1. The molecule has 1 heterocycles. The molecule has 2 atom stereocenters. The van der Waals surface area contributed by atoms with Crippen LogP contribution in [0.5, 0.6) is 5.75 Å². The molecule has 0 spiro atoms. The first-order valence-electron chi connectivity index (χ1n) is 12.2. The molecule has 1 aliphatic carbocycles. The number of piperidine rings is 1. The summed E-state index contributed by atoms with van der Waals surface area (Å²) in [7, 11) is 1.66. The van der Waals surface area contributed by atoms with Crippen molar-refractivity contribution in [1.29, 1.82) is 0 Å². The van der Waals surface area contributed by atoms with Gasteiger partial charge in [-0.2, -0.15) is 0 Å². The predicted octanol–water partition coefficient (Wildman–Crippen LogP) is 5.27. The van der Waals surface area contributed by atoms with Gasteiger partial charge in [0.25, 0.3) is 0 Å². The summed E-state index contributed by atoms with van der Waals surface area (Å²) in [5, 5.41) is 12.2. The number of halogens is 1. The lowest BCUT2D eigenvalue weighted by atomic mass is 9.73. The Morgan fingerprint density at radius 2 is 1.97 bits per heavy atom. The van der Waals surface area contributed by atoms with Crippen LogP contribution in [-0.4, -0.2) is 55.1 Å². The van der Waals surface area contributed by atoms with Gasteiger partial charge < -0.3 is 24.2 Å². The number of nitrogens with zero attached hydrogens (tertiary/aromatic N) is 1. The zero-order valence-corrected chi connectivity index (χ0v) is 20.6. The summed E-state index contributed by atoms with van der Waals surface area (Å²) in [6.45, 7) is 7.52. The number of ether oxygens (including phenoxy) is 3. The van der Waals surface area contributed by atoms with E-state index in [1.807, 2.05) is 20.8 Å². The zero-order valence-electron chi connectivity index (χ0n) is 20.6. The Morgan fingerprint density at radius 3 is 2.64 bits per heavy atom. The molecule has 6 nitrogen and oxygen atoms in total. The maximum Gasteiger partial charge on any atom is 0.410 e. The molecule has 186 valence electrons. The molecule has 3 rings (SSSR count). The van der Waals surface area contributed by atoms with Crippen LogP contribution in [0.4, 0.5) is 9.18 Å². The van der Waals surface area contributed by atoms with Crippen LogP contribution >= 0.6 is 0 Å². The molecule has 1 N–H and O–H groups in total. The summed E-state index contributed by atoms with van der Waals surface area (Å²) in [4.78, 5) is 14.4. The van der Waals surface area contributed by atoms with Crippen molar-refractivity contribution in [2.24, 2.45) is 11.8 Å². The maximum absolute atomic E-state index is 14.9. The molecule has 2 aliphatic rings. The highest BCUT2D eigenvalue weighted by atomic mass is 19.1. The third-order valence-electron chi connectivity index (χ3n) is 6.50. The number of carbonyl (C=O) groups is 1. The highest BCUT2D eigenvalue weighted by Gasteiger charge is 2.44. The normalized spacial score (nSPS) is 20.9. The van der Waals surface area contributed by atoms with Gasteiger partial charge in [0.15, 0.2) is 11.6 Å². The largest absolute Gasteiger partial charge is 0.490 e. The average Bonchev–Trinajstić information content (AvgIpc) is 3.59. The number of methoxy groups -OCH3 is 1. The van der Waals surface area contributed by atoms with E-state index < -0.39 is 17.0 Å². The molecule has 0 aromatic heterocycles. The zero-order chi connectivity index (χ0) is 24.1. The molecule has 33 heavy (non-hydrogen) atoms. The lowest BCUT2D eigenvalue weighted by molar-refractivity contribution is -0.0659. The second-order valence-electron chi connectivity index (χ2n) is 10.5. The summed E-state index contributed by atoms with van der Waals surface area (Å²) < 4.78 is 31.6. The number of benzene rings is 1. The number of unbranched alkanes of at least 4 members (excludes halogenated alkanes) is 1. The van der Waals surface area contributed by atoms with Crippen molar-refractivity contribution in [2.75, 3.05) is 33.4 Å². The number of likely N-dealkylation sites (tertiary alicyclic amines) is 1. The Labute approximate surface area is 197 Å². The second-order valence-corrected chi connectivity index (χ2v) is 10.5. The first-order chi connectivity index (χ1) is 15.6. The van der Waals surface area contributed by atoms with Crippen LogP contribution in [0.3, 0.4) is 0 Å². The molecule has 7 heteroatoms. The number of para-hydroxylation sites is 1. The minimum absolute atomic E-state index is 0.146. The monoisotopic (exact) mass is 465 g/mol. The number of aliphatic hydroxyl groups is 1. The van der Waals surface area contributed by atoms with E-state index in [-0.39, 0.29) is 17.8 Å². The van der Waals surface area contributed by atoms with Crippen LogP contribution in [-0.2, 0) is 15.1 Å². The summed E-state index contributed by atoms with van der Waals surface area (Å²) >= 11 is 0. The number of hydrogen-bond acceptors (Lipinski definition) is 5. The van der Waals surface area contributed by atoms with Crippen molar-refractivity contribution < 1.29 is 28.5 Å². The fourth-order valence-electron chi connectivity index (χ4n) is 4.54. The molecular formula is C26H40FNO5. The van der Waals surface area contributed by atoms with Crippen molar-refractivity contribution >= 4 is 6.09 Å². The Hall–Kier alpha value is -1.86. The Morgan fingerprint density at radius 1 is 1.21 bits per heavy atom. The van der Waals surface area contributed by atoms with Gasteiger partial charge in [-0.15, -0.1) is 0 Å². The van der Waals surface area contributed by atoms with E-state index in [2.05, 4.69) is 0 Å². The van der Waals surface area contributed by atoms with Gasteiger partial charge in [-0.05, 0) is 77.7 Å². The van der Waals surface area contributed by atoms with Crippen LogP contribution in [0.15, 0.2) is 18.2 Å². The van der Waals surface area contributed by atoms with E-state index in [1.165, 1.54) is 6.07 Å². The van der Waals surface area contributed by atoms with E-state index >= 15 is 0 Å². The summed E-state index contributed by atoms with van der Waals surface area (Å²) in [5.41, 5.74) is -1.43. The average molecular weight is 466 g/mol. The molecule has 1 aromatic rings. The lowest BCUT2D eigenvalue weighted by Crippen LogP contribution is -2.49. The topological polar surface area (TPSA) is 68.2 Å². The smallest absolute Gasteiger partial charge is 0.410 e. The molecular weight excluding hydrogens is 425 g/mol. The first-order valence-corrected chi connectivity index (χ1v) is 12.2. The SMILES string of the molecule is COCCCC[C@@](O)(c1cccc(F)c1OCC1CC1)C1CCCN(C(=O)OC(C)(C)C)C1. The van der Waals surface area contributed by atoms with Gasteiger partial charge in [-0.1, -0.05) is 12.1 Å². The third-order valence-corrected chi connectivity index (χ3v) is 6.50. The lowest BCUT2D eigenvalue weighted by Gasteiger charge is -2.43. The molecule has 1 amide bonds. The summed E-state index contributed by atoms with van der Waals surface area (Å²) in [6, 6.07) is 4.78. The van der Waals surface area contributed by atoms with Gasteiger partial charge in [-0.3, -0.25) is 0 Å². The minimum Gasteiger partial charge on any atom is -0.490 e. The van der Waals surface area contributed by atoms with E-state index in [4.69, 9.17) is 14.2 Å². The molecule has 1 saturated heterocycles. The molecule has 1 aromatic carbocycles. The van der Waals surface area contributed by atoms with E-state index in [0.717, 1.165) is 32.1 Å². The van der Waals surface area contributed by atoms with Gasteiger partial charge in [0.05, 0.1) is 12.2 Å². The minimum atomic E-state index is -1.32. The van der Waals surface area contributed by atoms with Crippen molar-refractivity contribution in [3.63, 3.8) is 0 Å². The van der Waals surface area contributed by atoms with Crippen molar-refractivity contribution in [3.8, 4) is 5.75 Å². The fourth-order valence-corrected chi connectivity index (χ4v) is 4.54. The maximum atomic E-state index is 14.9. The molecule has 2 fully saturated rings.